The topological polar surface area (TPSA) is 49.7 Å². The second kappa shape index (κ2) is 4.37. The molecule has 1 aromatic rings. The van der Waals surface area contributed by atoms with Crippen molar-refractivity contribution >= 4 is 15.9 Å². The van der Waals surface area contributed by atoms with Crippen molar-refractivity contribution < 1.29 is 14.9 Å². The first kappa shape index (κ1) is 10.2. The highest BCUT2D eigenvalue weighted by atomic mass is 79.9. The number of aromatic hydroxyl groups is 2. The number of rotatable bonds is 3. The van der Waals surface area contributed by atoms with Gasteiger partial charge < -0.3 is 14.9 Å². The van der Waals surface area contributed by atoms with Crippen LogP contribution in [-0.4, -0.2) is 16.8 Å². The maximum Gasteiger partial charge on any atom is 0.200 e. The molecule has 0 bridgehead atoms. The molecule has 0 heterocycles. The molecule has 0 amide bonds. The molecule has 0 aromatic heterocycles. The molecule has 2 N–H and O–H groups in total. The lowest BCUT2D eigenvalue weighted by molar-refractivity contribution is 0.308. The van der Waals surface area contributed by atoms with Crippen molar-refractivity contribution in [1.29, 1.82) is 0 Å². The van der Waals surface area contributed by atoms with E-state index < -0.39 is 0 Å². The molecule has 4 heteroatoms. The number of phenolic OH excluding ortho intramolecular Hbond substituents is 2. The first-order chi connectivity index (χ1) is 6.19. The SMILES string of the molecule is CCOc1cc(CBr)cc(O)c1O. The second-order valence-electron chi connectivity index (χ2n) is 2.53. The van der Waals surface area contributed by atoms with Crippen molar-refractivity contribution in [2.75, 3.05) is 6.61 Å². The Morgan fingerprint density at radius 2 is 2.08 bits per heavy atom. The first-order valence-corrected chi connectivity index (χ1v) is 5.04. The highest BCUT2D eigenvalue weighted by Gasteiger charge is 2.09. The molecular formula is C9H11BrO3. The van der Waals surface area contributed by atoms with Crippen molar-refractivity contribution in [2.45, 2.75) is 12.3 Å². The summed E-state index contributed by atoms with van der Waals surface area (Å²) in [7, 11) is 0. The fraction of sp³-hybridized carbons (Fsp3) is 0.333. The van der Waals surface area contributed by atoms with E-state index in [2.05, 4.69) is 15.9 Å². The number of hydrogen-bond acceptors (Lipinski definition) is 3. The highest BCUT2D eigenvalue weighted by molar-refractivity contribution is 9.08. The summed E-state index contributed by atoms with van der Waals surface area (Å²) in [5.74, 6) is -0.0381. The molecule has 0 unspecified atom stereocenters. The molecule has 13 heavy (non-hydrogen) atoms. The molecule has 0 spiro atoms. The molecule has 3 nitrogen and oxygen atoms in total. The maximum atomic E-state index is 9.36. The third-order valence-electron chi connectivity index (χ3n) is 1.57. The van der Waals surface area contributed by atoms with Gasteiger partial charge in [-0.3, -0.25) is 0 Å². The molecule has 0 aliphatic carbocycles. The molecule has 72 valence electrons. The third kappa shape index (κ3) is 2.28. The van der Waals surface area contributed by atoms with Gasteiger partial charge in [0.15, 0.2) is 11.5 Å². The lowest BCUT2D eigenvalue weighted by Gasteiger charge is -2.08. The van der Waals surface area contributed by atoms with Crippen LogP contribution in [0.15, 0.2) is 12.1 Å². The summed E-state index contributed by atoms with van der Waals surface area (Å²) in [5.41, 5.74) is 0.860. The van der Waals surface area contributed by atoms with Gasteiger partial charge in [-0.05, 0) is 24.6 Å². The van der Waals surface area contributed by atoms with E-state index in [1.165, 1.54) is 6.07 Å². The van der Waals surface area contributed by atoms with Crippen LogP contribution in [0.5, 0.6) is 17.2 Å². The Morgan fingerprint density at radius 3 is 2.62 bits per heavy atom. The molecule has 0 aliphatic heterocycles. The quantitative estimate of drug-likeness (QED) is 0.636. The number of alkyl halides is 1. The normalized spacial score (nSPS) is 10.0. The molecule has 0 fully saturated rings. The van der Waals surface area contributed by atoms with E-state index in [4.69, 9.17) is 4.74 Å². The average molecular weight is 247 g/mol. The molecule has 0 radical (unpaired) electrons. The van der Waals surface area contributed by atoms with Gasteiger partial charge in [-0.15, -0.1) is 0 Å². The summed E-state index contributed by atoms with van der Waals surface area (Å²) in [6.45, 7) is 2.27. The van der Waals surface area contributed by atoms with E-state index >= 15 is 0 Å². The summed E-state index contributed by atoms with van der Waals surface area (Å²) in [5, 5.41) is 19.3. The number of ether oxygens (including phenoxy) is 1. The summed E-state index contributed by atoms with van der Waals surface area (Å²) in [6.07, 6.45) is 0. The Balaban J connectivity index is 3.09. The van der Waals surface area contributed by atoms with Crippen LogP contribution < -0.4 is 4.74 Å². The van der Waals surface area contributed by atoms with Crippen LogP contribution in [0.2, 0.25) is 0 Å². The van der Waals surface area contributed by atoms with Gasteiger partial charge in [0.1, 0.15) is 0 Å². The lowest BCUT2D eigenvalue weighted by atomic mass is 10.2. The lowest BCUT2D eigenvalue weighted by Crippen LogP contribution is -1.93. The Hall–Kier alpha value is -0.900. The minimum Gasteiger partial charge on any atom is -0.504 e. The largest absolute Gasteiger partial charge is 0.504 e. The van der Waals surface area contributed by atoms with Gasteiger partial charge in [0.25, 0.3) is 0 Å². The third-order valence-corrected chi connectivity index (χ3v) is 2.22. The van der Waals surface area contributed by atoms with Crippen molar-refractivity contribution in [2.24, 2.45) is 0 Å². The van der Waals surface area contributed by atoms with Crippen LogP contribution >= 0.6 is 15.9 Å². The van der Waals surface area contributed by atoms with Gasteiger partial charge in [-0.25, -0.2) is 0 Å². The minimum absolute atomic E-state index is 0.152. The Bertz CT molecular complexity index is 299. The smallest absolute Gasteiger partial charge is 0.200 e. The molecule has 1 rings (SSSR count). The Morgan fingerprint density at radius 1 is 1.38 bits per heavy atom. The van der Waals surface area contributed by atoms with Crippen LogP contribution in [0.25, 0.3) is 0 Å². The van der Waals surface area contributed by atoms with Gasteiger partial charge in [0.2, 0.25) is 5.75 Å². The number of halogens is 1. The zero-order valence-corrected chi connectivity index (χ0v) is 8.84. The number of phenols is 2. The second-order valence-corrected chi connectivity index (χ2v) is 3.09. The fourth-order valence-electron chi connectivity index (χ4n) is 0.991. The fourth-order valence-corrected chi connectivity index (χ4v) is 1.32. The summed E-state index contributed by atoms with van der Waals surface area (Å²) >= 11 is 3.25. The van der Waals surface area contributed by atoms with E-state index in [-0.39, 0.29) is 11.5 Å². The van der Waals surface area contributed by atoms with Crippen LogP contribution in [0, 0.1) is 0 Å². The highest BCUT2D eigenvalue weighted by Crippen LogP contribution is 2.36. The predicted octanol–water partition coefficient (Wildman–Crippen LogP) is 2.39. The Kier molecular flexibility index (Phi) is 3.42. The van der Waals surface area contributed by atoms with E-state index in [9.17, 15) is 10.2 Å². The molecule has 0 saturated carbocycles. The standard InChI is InChI=1S/C9H11BrO3/c1-2-13-8-4-6(5-10)3-7(11)9(8)12/h3-4,11-12H,2,5H2,1H3. The number of benzene rings is 1. The number of hydrogen-bond donors (Lipinski definition) is 2. The van der Waals surface area contributed by atoms with Crippen LogP contribution in [0.4, 0.5) is 0 Å². The molecule has 1 aromatic carbocycles. The van der Waals surface area contributed by atoms with Gasteiger partial charge >= 0.3 is 0 Å². The first-order valence-electron chi connectivity index (χ1n) is 3.92. The molecule has 0 atom stereocenters. The zero-order valence-electron chi connectivity index (χ0n) is 7.25. The van der Waals surface area contributed by atoms with Crippen LogP contribution in [0.1, 0.15) is 12.5 Å². The molecule has 0 aliphatic rings. The zero-order chi connectivity index (χ0) is 9.84. The van der Waals surface area contributed by atoms with Crippen LogP contribution in [-0.2, 0) is 5.33 Å². The van der Waals surface area contributed by atoms with Crippen molar-refractivity contribution in [3.05, 3.63) is 17.7 Å². The Labute approximate surface area is 85.1 Å². The summed E-state index contributed by atoms with van der Waals surface area (Å²) in [4.78, 5) is 0. The molecular weight excluding hydrogens is 236 g/mol. The average Bonchev–Trinajstić information content (AvgIpc) is 2.13. The van der Waals surface area contributed by atoms with Gasteiger partial charge in [0, 0.05) is 5.33 Å². The van der Waals surface area contributed by atoms with E-state index in [0.717, 1.165) is 5.56 Å². The van der Waals surface area contributed by atoms with Crippen molar-refractivity contribution in [3.8, 4) is 17.2 Å². The van der Waals surface area contributed by atoms with E-state index in [0.29, 0.717) is 17.7 Å². The maximum absolute atomic E-state index is 9.36. The summed E-state index contributed by atoms with van der Waals surface area (Å²) in [6, 6.07) is 3.18. The monoisotopic (exact) mass is 246 g/mol. The van der Waals surface area contributed by atoms with Crippen molar-refractivity contribution in [3.63, 3.8) is 0 Å². The van der Waals surface area contributed by atoms with E-state index in [1.807, 2.05) is 6.92 Å². The molecule has 0 saturated heterocycles. The van der Waals surface area contributed by atoms with Crippen LogP contribution in [0.3, 0.4) is 0 Å². The van der Waals surface area contributed by atoms with Gasteiger partial charge in [-0.2, -0.15) is 0 Å². The predicted molar refractivity (Wildman–Crippen MR) is 53.6 cm³/mol. The van der Waals surface area contributed by atoms with Crippen molar-refractivity contribution in [1.82, 2.24) is 0 Å². The van der Waals surface area contributed by atoms with Gasteiger partial charge in [-0.1, -0.05) is 15.9 Å². The van der Waals surface area contributed by atoms with E-state index in [1.54, 1.807) is 6.07 Å². The minimum atomic E-state index is -0.202. The van der Waals surface area contributed by atoms with Gasteiger partial charge in [0.05, 0.1) is 6.61 Å². The summed E-state index contributed by atoms with van der Waals surface area (Å²) < 4.78 is 5.13.